The van der Waals surface area contributed by atoms with E-state index in [1.54, 1.807) is 0 Å². The van der Waals surface area contributed by atoms with Crippen LogP contribution in [0.2, 0.25) is 38.4 Å². The minimum absolute atomic E-state index is 0.554. The molecule has 0 unspecified atom stereocenters. The summed E-state index contributed by atoms with van der Waals surface area (Å²) in [6.07, 6.45) is 0.0189. The van der Waals surface area contributed by atoms with Gasteiger partial charge in [-0.1, -0.05) is 38.4 Å². The third kappa shape index (κ3) is 7.14. The molecule has 0 aliphatic carbocycles. The highest BCUT2D eigenvalue weighted by Crippen LogP contribution is 2.19. The second kappa shape index (κ2) is 4.97. The summed E-state index contributed by atoms with van der Waals surface area (Å²) < 4.78 is 9.47. The predicted molar refractivity (Wildman–Crippen MR) is 64.0 cm³/mol. The Labute approximate surface area is 88.8 Å². The lowest BCUT2D eigenvalue weighted by Gasteiger charge is -2.28. The Morgan fingerprint density at radius 2 is 1.64 bits per heavy atom. The summed E-state index contributed by atoms with van der Waals surface area (Å²) in [5.41, 5.74) is 1.27. The van der Waals surface area contributed by atoms with Crippen molar-refractivity contribution in [1.82, 2.24) is 0 Å². The molecule has 0 aromatic rings. The van der Waals surface area contributed by atoms with Crippen LogP contribution < -0.4 is 0 Å². The Balaban J connectivity index is 4.01. The molecule has 0 fully saturated rings. The Morgan fingerprint density at radius 3 is 2.00 bits per heavy atom. The number of hydrogen-bond acceptors (Lipinski definition) is 3. The first-order valence-corrected chi connectivity index (χ1v) is 12.0. The average Bonchev–Trinajstić information content (AvgIpc) is 1.96. The molecule has 0 saturated carbocycles. The Bertz CT molecular complexity index is 197. The van der Waals surface area contributed by atoms with Gasteiger partial charge in [0.1, 0.15) is 0 Å². The lowest BCUT2D eigenvalue weighted by molar-refractivity contribution is 0.0850. The quantitative estimate of drug-likeness (QED) is 0.554. The molecular formula is C9H22O3Si2. The number of ether oxygens (including phenoxy) is 2. The summed E-state index contributed by atoms with van der Waals surface area (Å²) in [4.78, 5) is 10.8. The molecule has 0 bridgehead atoms. The molecule has 0 atom stereocenters. The third-order valence-electron chi connectivity index (χ3n) is 1.76. The van der Waals surface area contributed by atoms with Crippen molar-refractivity contribution in [2.45, 2.75) is 38.4 Å². The van der Waals surface area contributed by atoms with Crippen molar-refractivity contribution in [3.63, 3.8) is 0 Å². The molecule has 0 aromatic carbocycles. The van der Waals surface area contributed by atoms with E-state index in [1.807, 2.05) is 0 Å². The minimum Gasteiger partial charge on any atom is -0.438 e. The van der Waals surface area contributed by atoms with Crippen molar-refractivity contribution in [1.29, 1.82) is 0 Å². The maximum absolute atomic E-state index is 10.8. The molecule has 0 aliphatic heterocycles. The van der Waals surface area contributed by atoms with Gasteiger partial charge in [-0.2, -0.15) is 0 Å². The van der Waals surface area contributed by atoms with E-state index in [1.165, 1.54) is 12.8 Å². The van der Waals surface area contributed by atoms with Crippen LogP contribution in [0.15, 0.2) is 0 Å². The molecule has 0 spiro atoms. The van der Waals surface area contributed by atoms with Gasteiger partial charge in [0.05, 0.1) is 21.4 Å². The molecule has 5 heteroatoms. The highest BCUT2D eigenvalue weighted by Gasteiger charge is 2.30. The molecule has 14 heavy (non-hydrogen) atoms. The summed E-state index contributed by atoms with van der Waals surface area (Å²) >= 11 is 0. The van der Waals surface area contributed by atoms with E-state index in [9.17, 15) is 4.79 Å². The van der Waals surface area contributed by atoms with E-state index in [-0.39, 0.29) is 0 Å². The number of rotatable bonds is 4. The van der Waals surface area contributed by atoms with E-state index in [0.29, 0.717) is 6.23 Å². The maximum atomic E-state index is 10.8. The molecule has 3 nitrogen and oxygen atoms in total. The average molecular weight is 234 g/mol. The summed E-state index contributed by atoms with van der Waals surface area (Å²) in [7, 11) is -1.08. The van der Waals surface area contributed by atoms with Crippen molar-refractivity contribution in [2.24, 2.45) is 0 Å². The second-order valence-electron chi connectivity index (χ2n) is 5.64. The molecule has 0 amide bonds. The van der Waals surface area contributed by atoms with Crippen molar-refractivity contribution < 1.29 is 14.3 Å². The van der Waals surface area contributed by atoms with E-state index in [4.69, 9.17) is 4.74 Å². The third-order valence-corrected chi connectivity index (χ3v) is 10.8. The number of carbonyl (C=O) groups excluding carboxylic acids is 1. The van der Waals surface area contributed by atoms with Crippen molar-refractivity contribution in [2.75, 3.05) is 13.3 Å². The van der Waals surface area contributed by atoms with Crippen molar-refractivity contribution in [3.05, 3.63) is 0 Å². The van der Waals surface area contributed by atoms with Gasteiger partial charge in [0.25, 0.3) is 0 Å². The fraction of sp³-hybridized carbons (Fsp3) is 0.889. The Morgan fingerprint density at radius 1 is 1.14 bits per heavy atom. The van der Waals surface area contributed by atoms with Gasteiger partial charge in [0.15, 0.2) is 0 Å². The zero-order chi connectivity index (χ0) is 11.4. The molecule has 0 radical (unpaired) electrons. The highest BCUT2D eigenvalue weighted by molar-refractivity contribution is 6.94. The highest BCUT2D eigenvalue weighted by atomic mass is 28.4. The number of carbonyl (C=O) groups is 1. The largest absolute Gasteiger partial charge is 0.507 e. The first-order chi connectivity index (χ1) is 6.16. The van der Waals surface area contributed by atoms with Crippen LogP contribution in [-0.2, 0) is 9.47 Å². The second-order valence-corrected chi connectivity index (χ2v) is 16.8. The van der Waals surface area contributed by atoms with Gasteiger partial charge in [-0.3, -0.25) is 0 Å². The minimum atomic E-state index is -1.38. The smallest absolute Gasteiger partial charge is 0.438 e. The summed E-state index contributed by atoms with van der Waals surface area (Å²) in [6, 6.07) is 0. The van der Waals surface area contributed by atoms with Gasteiger partial charge in [0.2, 0.25) is 0 Å². The fourth-order valence-corrected chi connectivity index (χ4v) is 14.2. The topological polar surface area (TPSA) is 35.5 Å². The standard InChI is InChI=1S/C9H22O3Si2/c1-11-9(10)12-7-14(5,6)8-13(2,3)4/h7-8H2,1-6H3. The molecule has 0 heterocycles. The van der Waals surface area contributed by atoms with Crippen molar-refractivity contribution in [3.8, 4) is 0 Å². The van der Waals surface area contributed by atoms with Gasteiger partial charge in [-0.25, -0.2) is 4.79 Å². The molecule has 0 N–H and O–H groups in total. The van der Waals surface area contributed by atoms with E-state index in [2.05, 4.69) is 37.5 Å². The Hall–Kier alpha value is -0.296. The first-order valence-electron chi connectivity index (χ1n) is 4.87. The number of methoxy groups -OCH3 is 1. The Kier molecular flexibility index (Phi) is 4.87. The molecule has 84 valence electrons. The number of hydrogen-bond donors (Lipinski definition) is 0. The monoisotopic (exact) mass is 234 g/mol. The van der Waals surface area contributed by atoms with Crippen LogP contribution in [0.3, 0.4) is 0 Å². The van der Waals surface area contributed by atoms with Crippen LogP contribution in [0.1, 0.15) is 0 Å². The van der Waals surface area contributed by atoms with Gasteiger partial charge < -0.3 is 9.47 Å². The molecule has 0 aromatic heterocycles. The zero-order valence-corrected chi connectivity index (χ0v) is 12.1. The maximum Gasteiger partial charge on any atom is 0.507 e. The van der Waals surface area contributed by atoms with Gasteiger partial charge in [0, 0.05) is 8.07 Å². The van der Waals surface area contributed by atoms with Crippen LogP contribution >= 0.6 is 0 Å². The zero-order valence-electron chi connectivity index (χ0n) is 10.1. The van der Waals surface area contributed by atoms with E-state index < -0.39 is 22.3 Å². The normalized spacial score (nSPS) is 12.4. The van der Waals surface area contributed by atoms with Crippen LogP contribution in [0.5, 0.6) is 0 Å². The molecule has 0 saturated heterocycles. The van der Waals surface area contributed by atoms with Gasteiger partial charge >= 0.3 is 6.16 Å². The van der Waals surface area contributed by atoms with E-state index >= 15 is 0 Å². The van der Waals surface area contributed by atoms with E-state index in [0.717, 1.165) is 0 Å². The fourth-order valence-electron chi connectivity index (χ4n) is 1.80. The molecule has 0 aliphatic rings. The van der Waals surface area contributed by atoms with Crippen LogP contribution in [0.4, 0.5) is 4.79 Å². The van der Waals surface area contributed by atoms with Crippen LogP contribution in [0.25, 0.3) is 0 Å². The summed E-state index contributed by atoms with van der Waals surface area (Å²) in [5.74, 6) is 0. The van der Waals surface area contributed by atoms with Gasteiger partial charge in [-0.15, -0.1) is 0 Å². The first kappa shape index (κ1) is 13.7. The van der Waals surface area contributed by atoms with Crippen LogP contribution in [-0.4, -0.2) is 35.6 Å². The molecular weight excluding hydrogens is 212 g/mol. The predicted octanol–water partition coefficient (Wildman–Crippen LogP) is 2.89. The summed E-state index contributed by atoms with van der Waals surface area (Å²) in [5, 5.41) is 0. The molecule has 0 rings (SSSR count). The lowest BCUT2D eigenvalue weighted by atomic mass is 11.3. The van der Waals surface area contributed by atoms with Crippen molar-refractivity contribution >= 4 is 22.3 Å². The lowest BCUT2D eigenvalue weighted by Crippen LogP contribution is -2.42. The van der Waals surface area contributed by atoms with Crippen LogP contribution in [0, 0.1) is 0 Å². The SMILES string of the molecule is COC(=O)OC[Si](C)(C)C[Si](C)(C)C. The summed E-state index contributed by atoms with van der Waals surface area (Å²) in [6.45, 7) is 11.6. The van der Waals surface area contributed by atoms with Gasteiger partial charge in [-0.05, 0) is 0 Å².